The van der Waals surface area contributed by atoms with E-state index in [0.717, 1.165) is 30.7 Å². The molecular formula is C12H17NO. The van der Waals surface area contributed by atoms with Gasteiger partial charge in [0.05, 0.1) is 7.11 Å². The molecule has 2 nitrogen and oxygen atoms in total. The van der Waals surface area contributed by atoms with Crippen LogP contribution >= 0.6 is 0 Å². The first-order valence-electron chi connectivity index (χ1n) is 4.88. The lowest BCUT2D eigenvalue weighted by atomic mass is 10.1. The quantitative estimate of drug-likeness (QED) is 0.725. The summed E-state index contributed by atoms with van der Waals surface area (Å²) in [5, 5.41) is 0. The summed E-state index contributed by atoms with van der Waals surface area (Å²) in [4.78, 5) is 0. The van der Waals surface area contributed by atoms with Crippen molar-refractivity contribution in [3.05, 3.63) is 35.9 Å². The van der Waals surface area contributed by atoms with Crippen molar-refractivity contribution in [2.24, 2.45) is 5.73 Å². The molecule has 1 aromatic carbocycles. The Balaban J connectivity index is 2.61. The predicted molar refractivity (Wildman–Crippen MR) is 60.3 cm³/mol. The number of allylic oxidation sites excluding steroid dienone is 1. The third-order valence-electron chi connectivity index (χ3n) is 2.01. The van der Waals surface area contributed by atoms with E-state index in [9.17, 15) is 0 Å². The molecule has 0 unspecified atom stereocenters. The first-order valence-corrected chi connectivity index (χ1v) is 4.88. The predicted octanol–water partition coefficient (Wildman–Crippen LogP) is 2.45. The van der Waals surface area contributed by atoms with Crippen molar-refractivity contribution in [1.29, 1.82) is 0 Å². The number of ether oxygens (including phenoxy) is 1. The lowest BCUT2D eigenvalue weighted by Crippen LogP contribution is -1.96. The van der Waals surface area contributed by atoms with E-state index in [-0.39, 0.29) is 0 Å². The summed E-state index contributed by atoms with van der Waals surface area (Å²) in [5.74, 6) is 0.913. The first-order chi connectivity index (χ1) is 6.88. The summed E-state index contributed by atoms with van der Waals surface area (Å²) in [6.45, 7) is 0.746. The van der Waals surface area contributed by atoms with E-state index in [1.807, 2.05) is 24.3 Å². The smallest absolute Gasteiger partial charge is 0.126 e. The molecule has 0 aliphatic heterocycles. The molecule has 0 aromatic heterocycles. The van der Waals surface area contributed by atoms with Gasteiger partial charge in [-0.1, -0.05) is 30.4 Å². The maximum Gasteiger partial charge on any atom is 0.126 e. The molecule has 0 atom stereocenters. The molecule has 2 heteroatoms. The molecule has 0 fully saturated rings. The van der Waals surface area contributed by atoms with Crippen LogP contribution in [0.5, 0.6) is 5.75 Å². The van der Waals surface area contributed by atoms with Crippen molar-refractivity contribution in [2.45, 2.75) is 12.8 Å². The summed E-state index contributed by atoms with van der Waals surface area (Å²) < 4.78 is 5.23. The van der Waals surface area contributed by atoms with Gasteiger partial charge in [-0.05, 0) is 25.5 Å². The summed E-state index contributed by atoms with van der Waals surface area (Å²) in [6, 6.07) is 7.97. The van der Waals surface area contributed by atoms with E-state index in [0.29, 0.717) is 0 Å². The van der Waals surface area contributed by atoms with Gasteiger partial charge in [-0.15, -0.1) is 0 Å². The molecule has 1 aromatic rings. The standard InChI is InChI=1S/C12H17NO/c1-14-12-9-5-4-8-11(12)7-3-2-6-10-13/h3-5,7-9H,2,6,10,13H2,1H3/b7-3+. The number of nitrogens with two attached hydrogens (primary N) is 1. The van der Waals surface area contributed by atoms with Crippen LogP contribution in [0.1, 0.15) is 18.4 Å². The second-order valence-corrected chi connectivity index (χ2v) is 3.08. The third kappa shape index (κ3) is 3.23. The molecule has 0 aliphatic rings. The van der Waals surface area contributed by atoms with Crippen molar-refractivity contribution < 1.29 is 4.74 Å². The molecule has 0 radical (unpaired) electrons. The molecular weight excluding hydrogens is 174 g/mol. The van der Waals surface area contributed by atoms with Crippen LogP contribution in [0.2, 0.25) is 0 Å². The SMILES string of the molecule is COc1ccccc1/C=C/CCCN. The van der Waals surface area contributed by atoms with Gasteiger partial charge < -0.3 is 10.5 Å². The molecule has 76 valence electrons. The fourth-order valence-electron chi connectivity index (χ4n) is 1.25. The lowest BCUT2D eigenvalue weighted by molar-refractivity contribution is 0.414. The van der Waals surface area contributed by atoms with Crippen molar-refractivity contribution in [1.82, 2.24) is 0 Å². The zero-order valence-corrected chi connectivity index (χ0v) is 8.57. The highest BCUT2D eigenvalue weighted by Gasteiger charge is 1.95. The van der Waals surface area contributed by atoms with E-state index in [1.54, 1.807) is 7.11 Å². The third-order valence-corrected chi connectivity index (χ3v) is 2.01. The van der Waals surface area contributed by atoms with Crippen molar-refractivity contribution in [3.8, 4) is 5.75 Å². The van der Waals surface area contributed by atoms with Gasteiger partial charge in [-0.25, -0.2) is 0 Å². The van der Waals surface area contributed by atoms with Gasteiger partial charge in [0.1, 0.15) is 5.75 Å². The fourth-order valence-corrected chi connectivity index (χ4v) is 1.25. The molecule has 0 bridgehead atoms. The Morgan fingerprint density at radius 2 is 2.14 bits per heavy atom. The minimum Gasteiger partial charge on any atom is -0.496 e. The normalized spacial score (nSPS) is 10.7. The summed E-state index contributed by atoms with van der Waals surface area (Å²) in [6.07, 6.45) is 6.26. The van der Waals surface area contributed by atoms with Crippen molar-refractivity contribution >= 4 is 6.08 Å². The molecule has 0 amide bonds. The zero-order chi connectivity index (χ0) is 10.2. The minimum absolute atomic E-state index is 0.746. The van der Waals surface area contributed by atoms with Crippen LogP contribution in [-0.2, 0) is 0 Å². The molecule has 0 aliphatic carbocycles. The van der Waals surface area contributed by atoms with E-state index in [1.165, 1.54) is 0 Å². The average Bonchev–Trinajstić information content (AvgIpc) is 2.25. The number of hydrogen-bond acceptors (Lipinski definition) is 2. The molecule has 0 saturated carbocycles. The topological polar surface area (TPSA) is 35.2 Å². The van der Waals surface area contributed by atoms with E-state index < -0.39 is 0 Å². The second kappa shape index (κ2) is 6.22. The minimum atomic E-state index is 0.746. The first kappa shape index (κ1) is 10.8. The van der Waals surface area contributed by atoms with Gasteiger partial charge in [-0.3, -0.25) is 0 Å². The maximum absolute atomic E-state index is 5.41. The molecule has 1 rings (SSSR count). The van der Waals surface area contributed by atoms with Gasteiger partial charge in [0.2, 0.25) is 0 Å². The van der Waals surface area contributed by atoms with Gasteiger partial charge in [0.25, 0.3) is 0 Å². The highest BCUT2D eigenvalue weighted by Crippen LogP contribution is 2.18. The van der Waals surface area contributed by atoms with Crippen LogP contribution in [0.3, 0.4) is 0 Å². The van der Waals surface area contributed by atoms with Crippen molar-refractivity contribution in [2.75, 3.05) is 13.7 Å². The van der Waals surface area contributed by atoms with Gasteiger partial charge >= 0.3 is 0 Å². The highest BCUT2D eigenvalue weighted by atomic mass is 16.5. The number of rotatable bonds is 5. The number of benzene rings is 1. The summed E-state index contributed by atoms with van der Waals surface area (Å²) >= 11 is 0. The molecule has 0 heterocycles. The average molecular weight is 191 g/mol. The lowest BCUT2D eigenvalue weighted by Gasteiger charge is -2.02. The molecule has 2 N–H and O–H groups in total. The van der Waals surface area contributed by atoms with Crippen molar-refractivity contribution in [3.63, 3.8) is 0 Å². The van der Waals surface area contributed by atoms with Gasteiger partial charge in [0, 0.05) is 5.56 Å². The Labute approximate surface area is 85.4 Å². The van der Waals surface area contributed by atoms with Gasteiger partial charge in [0.15, 0.2) is 0 Å². The monoisotopic (exact) mass is 191 g/mol. The number of methoxy groups -OCH3 is 1. The number of para-hydroxylation sites is 1. The summed E-state index contributed by atoms with van der Waals surface area (Å²) in [5.41, 5.74) is 6.52. The van der Waals surface area contributed by atoms with Gasteiger partial charge in [-0.2, -0.15) is 0 Å². The summed E-state index contributed by atoms with van der Waals surface area (Å²) in [7, 11) is 1.69. The van der Waals surface area contributed by atoms with Crippen LogP contribution in [0.25, 0.3) is 6.08 Å². The second-order valence-electron chi connectivity index (χ2n) is 3.08. The molecule has 0 spiro atoms. The maximum atomic E-state index is 5.41. The Morgan fingerprint density at radius 3 is 2.86 bits per heavy atom. The Hall–Kier alpha value is -1.28. The Morgan fingerprint density at radius 1 is 1.36 bits per heavy atom. The highest BCUT2D eigenvalue weighted by molar-refractivity contribution is 5.56. The Bertz CT molecular complexity index is 294. The Kier molecular flexibility index (Phi) is 4.79. The molecule has 0 saturated heterocycles. The van der Waals surface area contributed by atoms with Crippen LogP contribution in [0, 0.1) is 0 Å². The van der Waals surface area contributed by atoms with Crippen LogP contribution in [0.4, 0.5) is 0 Å². The number of hydrogen-bond donors (Lipinski definition) is 1. The number of unbranched alkanes of at least 4 members (excludes halogenated alkanes) is 1. The zero-order valence-electron chi connectivity index (χ0n) is 8.57. The van der Waals surface area contributed by atoms with E-state index in [2.05, 4.69) is 12.2 Å². The van der Waals surface area contributed by atoms with Crippen LogP contribution in [0.15, 0.2) is 30.3 Å². The molecule has 14 heavy (non-hydrogen) atoms. The van der Waals surface area contributed by atoms with Crippen LogP contribution in [-0.4, -0.2) is 13.7 Å². The fraction of sp³-hybridized carbons (Fsp3) is 0.333. The van der Waals surface area contributed by atoms with E-state index in [4.69, 9.17) is 10.5 Å². The largest absolute Gasteiger partial charge is 0.496 e. The van der Waals surface area contributed by atoms with Crippen LogP contribution < -0.4 is 10.5 Å². The van der Waals surface area contributed by atoms with E-state index >= 15 is 0 Å².